The van der Waals surface area contributed by atoms with Crippen LogP contribution in [0, 0.1) is 11.8 Å². The van der Waals surface area contributed by atoms with Crippen molar-refractivity contribution in [3.63, 3.8) is 0 Å². The monoisotopic (exact) mass is 268 g/mol. The van der Waals surface area contributed by atoms with Gasteiger partial charge in [-0.25, -0.2) is 9.59 Å². The average Bonchev–Trinajstić information content (AvgIpc) is 2.94. The van der Waals surface area contributed by atoms with Gasteiger partial charge in [0.2, 0.25) is 0 Å². The molecule has 0 heterocycles. The lowest BCUT2D eigenvalue weighted by Gasteiger charge is -2.26. The fourth-order valence-corrected chi connectivity index (χ4v) is 3.19. The fourth-order valence-electron chi connectivity index (χ4n) is 3.19. The molecule has 0 aromatic heterocycles. The molecule has 2 aliphatic rings. The molecule has 0 aliphatic heterocycles. The molecule has 2 rings (SSSR count). The molecule has 0 amide bonds. The quantitative estimate of drug-likeness (QED) is 0.776. The molecule has 2 aliphatic carbocycles. The molecule has 0 unspecified atom stereocenters. The Hall–Kier alpha value is -1.36. The number of aliphatic hydroxyl groups is 1. The van der Waals surface area contributed by atoms with E-state index in [0.29, 0.717) is 5.57 Å². The van der Waals surface area contributed by atoms with E-state index in [4.69, 9.17) is 9.47 Å². The van der Waals surface area contributed by atoms with Gasteiger partial charge in [0.1, 0.15) is 0 Å². The van der Waals surface area contributed by atoms with Crippen molar-refractivity contribution in [3.05, 3.63) is 11.6 Å². The predicted octanol–water partition coefficient (Wildman–Crippen LogP) is 1.20. The van der Waals surface area contributed by atoms with Crippen LogP contribution in [0.15, 0.2) is 11.6 Å². The van der Waals surface area contributed by atoms with Crippen LogP contribution in [-0.4, -0.2) is 35.9 Å². The molecule has 0 spiro atoms. The number of hydrogen-bond acceptors (Lipinski definition) is 5. The zero-order valence-electron chi connectivity index (χ0n) is 11.3. The van der Waals surface area contributed by atoms with E-state index in [1.807, 2.05) is 0 Å². The highest BCUT2D eigenvalue weighted by atomic mass is 16.6. The molecule has 0 aromatic rings. The first-order chi connectivity index (χ1) is 9.04. The van der Waals surface area contributed by atoms with E-state index in [1.54, 1.807) is 13.8 Å². The van der Waals surface area contributed by atoms with Gasteiger partial charge in [-0.3, -0.25) is 0 Å². The van der Waals surface area contributed by atoms with E-state index in [1.165, 1.54) is 6.08 Å². The van der Waals surface area contributed by atoms with Gasteiger partial charge in [-0.2, -0.15) is 0 Å². The van der Waals surface area contributed by atoms with Crippen molar-refractivity contribution in [2.45, 2.75) is 38.7 Å². The summed E-state index contributed by atoms with van der Waals surface area (Å²) in [5, 5.41) is 10.6. The average molecular weight is 268 g/mol. The highest BCUT2D eigenvalue weighted by Gasteiger charge is 2.56. The molecule has 19 heavy (non-hydrogen) atoms. The molecular weight excluding hydrogens is 248 g/mol. The Morgan fingerprint density at radius 1 is 1.32 bits per heavy atom. The van der Waals surface area contributed by atoms with Crippen LogP contribution in [0.5, 0.6) is 0 Å². The normalized spacial score (nSPS) is 32.7. The summed E-state index contributed by atoms with van der Waals surface area (Å²) in [6.45, 7) is 3.92. The number of esters is 2. The number of carbonyl (C=O) groups is 2. The summed E-state index contributed by atoms with van der Waals surface area (Å²) in [5.41, 5.74) is -1.24. The molecule has 1 N–H and O–H groups in total. The Morgan fingerprint density at radius 2 is 2.00 bits per heavy atom. The molecule has 5 nitrogen and oxygen atoms in total. The van der Waals surface area contributed by atoms with Gasteiger partial charge in [0.15, 0.2) is 5.60 Å². The third kappa shape index (κ3) is 2.27. The highest BCUT2D eigenvalue weighted by Crippen LogP contribution is 2.50. The van der Waals surface area contributed by atoms with Crippen LogP contribution in [0.2, 0.25) is 0 Å². The first kappa shape index (κ1) is 14.1. The Labute approximate surface area is 112 Å². The van der Waals surface area contributed by atoms with Gasteiger partial charge in [-0.15, -0.1) is 0 Å². The van der Waals surface area contributed by atoms with Gasteiger partial charge in [0, 0.05) is 11.5 Å². The topological polar surface area (TPSA) is 72.8 Å². The Bertz CT molecular complexity index is 414. The van der Waals surface area contributed by atoms with Crippen molar-refractivity contribution >= 4 is 11.9 Å². The number of fused-ring (bicyclic) bond motifs is 1. The van der Waals surface area contributed by atoms with Crippen LogP contribution in [-0.2, 0) is 19.1 Å². The molecule has 0 aromatic carbocycles. The van der Waals surface area contributed by atoms with Crippen LogP contribution in [0.3, 0.4) is 0 Å². The second-order valence-electron chi connectivity index (χ2n) is 5.01. The van der Waals surface area contributed by atoms with Gasteiger partial charge < -0.3 is 14.6 Å². The maximum Gasteiger partial charge on any atom is 0.342 e. The highest BCUT2D eigenvalue weighted by molar-refractivity contribution is 5.94. The third-order valence-corrected chi connectivity index (χ3v) is 3.97. The summed E-state index contributed by atoms with van der Waals surface area (Å²) in [7, 11) is 0. The lowest BCUT2D eigenvalue weighted by molar-refractivity contribution is -0.164. The van der Waals surface area contributed by atoms with Crippen LogP contribution < -0.4 is 0 Å². The Kier molecular flexibility index (Phi) is 3.94. The van der Waals surface area contributed by atoms with Crippen molar-refractivity contribution in [2.75, 3.05) is 13.2 Å². The maximum atomic E-state index is 12.0. The minimum absolute atomic E-state index is 0.0894. The van der Waals surface area contributed by atoms with Crippen molar-refractivity contribution in [2.24, 2.45) is 11.8 Å². The second kappa shape index (κ2) is 5.33. The summed E-state index contributed by atoms with van der Waals surface area (Å²) < 4.78 is 9.94. The summed E-state index contributed by atoms with van der Waals surface area (Å²) in [5.74, 6) is -1.44. The smallest absolute Gasteiger partial charge is 0.342 e. The molecule has 106 valence electrons. The molecule has 0 radical (unpaired) electrons. The predicted molar refractivity (Wildman–Crippen MR) is 67.1 cm³/mol. The van der Waals surface area contributed by atoms with E-state index < -0.39 is 17.5 Å². The Balaban J connectivity index is 2.29. The minimum Gasteiger partial charge on any atom is -0.464 e. The first-order valence-electron chi connectivity index (χ1n) is 6.84. The molecular formula is C14H20O5. The van der Waals surface area contributed by atoms with Gasteiger partial charge in [0.25, 0.3) is 0 Å². The molecule has 3 atom stereocenters. The Morgan fingerprint density at radius 3 is 2.63 bits per heavy atom. The summed E-state index contributed by atoms with van der Waals surface area (Å²) >= 11 is 0. The SMILES string of the molecule is CCOC(=O)C1=C[C@](O)(C(=O)OCC)[C@@H]2CCC[C@H]12. The van der Waals surface area contributed by atoms with Crippen molar-refractivity contribution < 1.29 is 24.2 Å². The van der Waals surface area contributed by atoms with Crippen LogP contribution in [0.1, 0.15) is 33.1 Å². The van der Waals surface area contributed by atoms with E-state index in [0.717, 1.165) is 19.3 Å². The van der Waals surface area contributed by atoms with Crippen molar-refractivity contribution in [3.8, 4) is 0 Å². The fraction of sp³-hybridized carbons (Fsp3) is 0.714. The molecule has 0 bridgehead atoms. The van der Waals surface area contributed by atoms with Gasteiger partial charge in [0.05, 0.1) is 13.2 Å². The molecule has 5 heteroatoms. The summed E-state index contributed by atoms with van der Waals surface area (Å²) in [6, 6.07) is 0. The zero-order chi connectivity index (χ0) is 14.0. The molecule has 0 saturated heterocycles. The van der Waals surface area contributed by atoms with Gasteiger partial charge in [-0.1, -0.05) is 6.42 Å². The maximum absolute atomic E-state index is 12.0. The summed E-state index contributed by atoms with van der Waals surface area (Å²) in [6.07, 6.45) is 3.78. The van der Waals surface area contributed by atoms with Crippen molar-refractivity contribution in [1.82, 2.24) is 0 Å². The summed E-state index contributed by atoms with van der Waals surface area (Å²) in [4.78, 5) is 23.9. The lowest BCUT2D eigenvalue weighted by atomic mass is 9.85. The molecule has 1 saturated carbocycles. The van der Waals surface area contributed by atoms with Crippen LogP contribution >= 0.6 is 0 Å². The van der Waals surface area contributed by atoms with Crippen LogP contribution in [0.4, 0.5) is 0 Å². The van der Waals surface area contributed by atoms with E-state index in [-0.39, 0.29) is 25.0 Å². The molecule has 1 fully saturated rings. The third-order valence-electron chi connectivity index (χ3n) is 3.97. The van der Waals surface area contributed by atoms with Crippen molar-refractivity contribution in [1.29, 1.82) is 0 Å². The van der Waals surface area contributed by atoms with E-state index in [9.17, 15) is 14.7 Å². The van der Waals surface area contributed by atoms with Crippen LogP contribution in [0.25, 0.3) is 0 Å². The van der Waals surface area contributed by atoms with Gasteiger partial charge in [-0.05, 0) is 38.7 Å². The van der Waals surface area contributed by atoms with E-state index >= 15 is 0 Å². The van der Waals surface area contributed by atoms with Gasteiger partial charge >= 0.3 is 11.9 Å². The minimum atomic E-state index is -1.67. The standard InChI is InChI=1S/C14H20O5/c1-3-18-12(15)10-8-14(17,13(16)19-4-2)11-7-5-6-9(10)11/h8-9,11,17H,3-7H2,1-2H3/t9-,11-,14-/m1/s1. The number of hydrogen-bond donors (Lipinski definition) is 1. The van der Waals surface area contributed by atoms with E-state index in [2.05, 4.69) is 0 Å². The largest absolute Gasteiger partial charge is 0.464 e. The lowest BCUT2D eigenvalue weighted by Crippen LogP contribution is -2.43. The number of ether oxygens (including phenoxy) is 2. The first-order valence-corrected chi connectivity index (χ1v) is 6.84. The second-order valence-corrected chi connectivity index (χ2v) is 5.01. The zero-order valence-corrected chi connectivity index (χ0v) is 11.3. The number of rotatable bonds is 4. The number of carbonyl (C=O) groups excluding carboxylic acids is 2.